The Kier molecular flexibility index (Phi) is 8.04. The number of ether oxygens (including phenoxy) is 2. The van der Waals surface area contributed by atoms with Gasteiger partial charge in [-0.1, -0.05) is 133 Å². The van der Waals surface area contributed by atoms with Gasteiger partial charge in [-0.3, -0.25) is 0 Å². The number of hydrogen-bond acceptors (Lipinski definition) is 4. The zero-order valence-corrected chi connectivity index (χ0v) is 31.2. The van der Waals surface area contributed by atoms with Crippen molar-refractivity contribution in [1.82, 2.24) is 19.9 Å². The minimum absolute atomic E-state index is 0.614. The zero-order chi connectivity index (χ0) is 38.4. The Bertz CT molecular complexity index is 3050. The zero-order valence-electron chi connectivity index (χ0n) is 31.2. The van der Waals surface area contributed by atoms with Crippen LogP contribution in [-0.2, 0) is 0 Å². The van der Waals surface area contributed by atoms with Gasteiger partial charge in [0.1, 0.15) is 22.9 Å². The molecule has 0 saturated heterocycles. The number of nitrogens with zero attached hydrogens (tertiary/aromatic N) is 2. The number of benzene rings is 6. The molecule has 0 amide bonds. The molecule has 5 heterocycles. The molecular formula is C52H34N4O2. The maximum atomic E-state index is 6.97. The third-order valence-electron chi connectivity index (χ3n) is 10.7. The Morgan fingerprint density at radius 3 is 1.17 bits per heavy atom. The van der Waals surface area contributed by atoms with Crippen LogP contribution >= 0.6 is 0 Å². The molecule has 0 unspecified atom stereocenters. The number of fused-ring (bicyclic) bond motifs is 10. The van der Waals surface area contributed by atoms with E-state index in [2.05, 4.69) is 107 Å². The summed E-state index contributed by atoms with van der Waals surface area (Å²) < 4.78 is 13.9. The average molecular weight is 747 g/mol. The number of hydrogen-bond donors (Lipinski definition) is 2. The van der Waals surface area contributed by atoms with Gasteiger partial charge in [-0.05, 0) is 82.6 Å². The van der Waals surface area contributed by atoms with E-state index in [9.17, 15) is 0 Å². The van der Waals surface area contributed by atoms with E-state index in [1.54, 1.807) is 0 Å². The van der Waals surface area contributed by atoms with Gasteiger partial charge in [0.25, 0.3) is 0 Å². The Hall–Kier alpha value is -7.96. The molecule has 2 aliphatic heterocycles. The molecule has 0 fully saturated rings. The molecule has 2 N–H and O–H groups in total. The standard InChI is InChI=1S/C52H34N4O2/c1-3-15-35(16-4-1)49-39-25-29-43(53-39)51(57-47-23-11-19-33-13-7-9-21-37(33)47)45-31-27-41(55-45)50(36-17-5-2-6-18-36)42-28-32-46(56-42)52(44-30-26-40(49)54-44)58-48-24-12-20-34-14-8-10-22-38(34)48/h1-32,53,56H. The summed E-state index contributed by atoms with van der Waals surface area (Å²) in [5.74, 6) is 2.72. The van der Waals surface area contributed by atoms with Crippen molar-refractivity contribution < 1.29 is 9.47 Å². The normalized spacial score (nSPS) is 12.0. The molecular weight excluding hydrogens is 713 g/mol. The van der Waals surface area contributed by atoms with Crippen molar-refractivity contribution in [2.75, 3.05) is 0 Å². The molecule has 8 bridgehead atoms. The van der Waals surface area contributed by atoms with E-state index in [4.69, 9.17) is 19.4 Å². The smallest absolute Gasteiger partial charge is 0.176 e. The molecule has 0 aliphatic carbocycles. The van der Waals surface area contributed by atoms with Crippen LogP contribution in [0, 0.1) is 0 Å². The lowest BCUT2D eigenvalue weighted by atomic mass is 10.0. The van der Waals surface area contributed by atoms with E-state index in [-0.39, 0.29) is 0 Å². The van der Waals surface area contributed by atoms with Crippen LogP contribution in [-0.4, -0.2) is 19.9 Å². The molecule has 0 saturated carbocycles. The maximum Gasteiger partial charge on any atom is 0.176 e. The Balaban J connectivity index is 1.25. The van der Waals surface area contributed by atoms with Crippen molar-refractivity contribution in [3.05, 3.63) is 193 Å². The van der Waals surface area contributed by atoms with E-state index >= 15 is 0 Å². The topological polar surface area (TPSA) is 75.8 Å². The van der Waals surface area contributed by atoms with E-state index in [0.29, 0.717) is 22.9 Å². The fourth-order valence-corrected chi connectivity index (χ4v) is 7.97. The molecule has 11 rings (SSSR count). The van der Waals surface area contributed by atoms with Gasteiger partial charge in [0.15, 0.2) is 11.5 Å². The second kappa shape index (κ2) is 14.0. The van der Waals surface area contributed by atoms with Crippen LogP contribution < -0.4 is 9.47 Å². The number of aromatic amines is 2. The van der Waals surface area contributed by atoms with Gasteiger partial charge in [0.2, 0.25) is 0 Å². The lowest BCUT2D eigenvalue weighted by Crippen LogP contribution is -1.92. The summed E-state index contributed by atoms with van der Waals surface area (Å²) in [5, 5.41) is 4.22. The molecule has 6 heteroatoms. The number of H-pyrrole nitrogens is 2. The summed E-state index contributed by atoms with van der Waals surface area (Å²) in [5.41, 5.74) is 10.3. The van der Waals surface area contributed by atoms with Gasteiger partial charge in [-0.2, -0.15) is 0 Å². The van der Waals surface area contributed by atoms with Crippen LogP contribution in [0.1, 0.15) is 22.8 Å². The van der Waals surface area contributed by atoms with Crippen molar-refractivity contribution in [1.29, 1.82) is 0 Å². The van der Waals surface area contributed by atoms with Crippen molar-refractivity contribution >= 4 is 67.9 Å². The van der Waals surface area contributed by atoms with Crippen molar-refractivity contribution in [2.45, 2.75) is 0 Å². The minimum atomic E-state index is 0.614. The molecule has 0 atom stereocenters. The van der Waals surface area contributed by atoms with Crippen LogP contribution in [0.3, 0.4) is 0 Å². The molecule has 6 aromatic carbocycles. The minimum Gasteiger partial charge on any atom is -0.452 e. The Morgan fingerprint density at radius 1 is 0.328 bits per heavy atom. The quantitative estimate of drug-likeness (QED) is 0.178. The van der Waals surface area contributed by atoms with Gasteiger partial charge >= 0.3 is 0 Å². The highest BCUT2D eigenvalue weighted by molar-refractivity contribution is 5.96. The highest BCUT2D eigenvalue weighted by Crippen LogP contribution is 2.41. The van der Waals surface area contributed by atoms with Gasteiger partial charge in [-0.15, -0.1) is 0 Å². The molecule has 6 nitrogen and oxygen atoms in total. The lowest BCUT2D eigenvalue weighted by Gasteiger charge is -2.11. The van der Waals surface area contributed by atoms with Crippen LogP contribution in [0.25, 0.3) is 90.2 Å². The highest BCUT2D eigenvalue weighted by Gasteiger charge is 2.20. The number of nitrogens with one attached hydrogen (secondary N) is 2. The van der Waals surface area contributed by atoms with Crippen LogP contribution in [0.2, 0.25) is 0 Å². The lowest BCUT2D eigenvalue weighted by molar-refractivity contribution is 0.490. The van der Waals surface area contributed by atoms with Crippen molar-refractivity contribution in [3.63, 3.8) is 0 Å². The molecule has 2 aliphatic rings. The summed E-state index contributed by atoms with van der Waals surface area (Å²) in [7, 11) is 0. The number of aromatic nitrogens is 4. The molecule has 3 aromatic heterocycles. The van der Waals surface area contributed by atoms with E-state index in [0.717, 1.165) is 88.8 Å². The van der Waals surface area contributed by atoms with E-state index in [1.807, 2.05) is 97.1 Å². The first-order valence-electron chi connectivity index (χ1n) is 19.3. The molecule has 0 radical (unpaired) electrons. The fraction of sp³-hybridized carbons (Fsp3) is 0. The van der Waals surface area contributed by atoms with Gasteiger partial charge in [0.05, 0.1) is 22.4 Å². The maximum absolute atomic E-state index is 6.97. The van der Waals surface area contributed by atoms with Crippen LogP contribution in [0.15, 0.2) is 170 Å². The van der Waals surface area contributed by atoms with Gasteiger partial charge in [-0.25, -0.2) is 9.97 Å². The Morgan fingerprint density at radius 2 is 0.707 bits per heavy atom. The number of rotatable bonds is 6. The molecule has 0 spiro atoms. The van der Waals surface area contributed by atoms with Gasteiger partial charge in [0, 0.05) is 32.9 Å². The van der Waals surface area contributed by atoms with Crippen molar-refractivity contribution in [2.24, 2.45) is 0 Å². The predicted molar refractivity (Wildman–Crippen MR) is 238 cm³/mol. The van der Waals surface area contributed by atoms with Crippen LogP contribution in [0.5, 0.6) is 23.0 Å². The van der Waals surface area contributed by atoms with Crippen molar-refractivity contribution in [3.8, 4) is 45.3 Å². The Labute approximate surface area is 334 Å². The fourth-order valence-electron chi connectivity index (χ4n) is 7.97. The summed E-state index contributed by atoms with van der Waals surface area (Å²) in [6.07, 6.45) is 8.20. The third-order valence-corrected chi connectivity index (χ3v) is 10.7. The van der Waals surface area contributed by atoms with E-state index in [1.165, 1.54) is 0 Å². The predicted octanol–water partition coefficient (Wildman–Crippen LogP) is 13.9. The highest BCUT2D eigenvalue weighted by atomic mass is 16.5. The van der Waals surface area contributed by atoms with E-state index < -0.39 is 0 Å². The second-order valence-electron chi connectivity index (χ2n) is 14.3. The first-order chi connectivity index (χ1) is 28.7. The largest absolute Gasteiger partial charge is 0.452 e. The summed E-state index contributed by atoms with van der Waals surface area (Å²) in [6.45, 7) is 0. The third kappa shape index (κ3) is 5.92. The molecule has 274 valence electrons. The molecule has 9 aromatic rings. The van der Waals surface area contributed by atoms with Crippen LogP contribution in [0.4, 0.5) is 0 Å². The summed E-state index contributed by atoms with van der Waals surface area (Å²) >= 11 is 0. The summed E-state index contributed by atoms with van der Waals surface area (Å²) in [4.78, 5) is 18.2. The average Bonchev–Trinajstić information content (AvgIpc) is 4.13. The first-order valence-corrected chi connectivity index (χ1v) is 19.3. The first kappa shape index (κ1) is 33.4. The van der Waals surface area contributed by atoms with Gasteiger partial charge < -0.3 is 19.4 Å². The molecule has 58 heavy (non-hydrogen) atoms. The second-order valence-corrected chi connectivity index (χ2v) is 14.3. The monoisotopic (exact) mass is 746 g/mol. The summed E-state index contributed by atoms with van der Waals surface area (Å²) in [6, 6.07) is 57.8. The SMILES string of the molecule is C1=Cc2nc1c(Oc1cccc3ccccc13)c1ccc([nH]1)c(-c1ccccc1)c1nc(c(Oc3cccc4ccccc34)c3ccc([nH]3)c2-c2ccccc2)C=C1.